The lowest BCUT2D eigenvalue weighted by atomic mass is 10.3. The fraction of sp³-hybridized carbons (Fsp3) is 0.143. The maximum absolute atomic E-state index is 13.1. The van der Waals surface area contributed by atoms with E-state index >= 15 is 0 Å². The predicted octanol–water partition coefficient (Wildman–Crippen LogP) is 1.32. The van der Waals surface area contributed by atoms with Gasteiger partial charge < -0.3 is 0 Å². The molecular formula is C7H7ClFNO3S. The Bertz CT molecular complexity index is 435. The third kappa shape index (κ3) is 2.42. The van der Waals surface area contributed by atoms with E-state index in [4.69, 9.17) is 11.6 Å². The zero-order valence-electron chi connectivity index (χ0n) is 7.12. The van der Waals surface area contributed by atoms with E-state index in [1.807, 2.05) is 0 Å². The Morgan fingerprint density at radius 2 is 2.14 bits per heavy atom. The highest BCUT2D eigenvalue weighted by Gasteiger charge is 2.18. The van der Waals surface area contributed by atoms with Crippen LogP contribution in [0.4, 0.5) is 4.39 Å². The van der Waals surface area contributed by atoms with Crippen LogP contribution in [0.15, 0.2) is 23.1 Å². The average molecular weight is 240 g/mol. The van der Waals surface area contributed by atoms with E-state index in [0.29, 0.717) is 0 Å². The monoisotopic (exact) mass is 239 g/mol. The minimum atomic E-state index is -3.96. The molecule has 0 unspecified atom stereocenters. The fourth-order valence-electron chi connectivity index (χ4n) is 0.848. The van der Waals surface area contributed by atoms with Crippen molar-refractivity contribution >= 4 is 21.6 Å². The quantitative estimate of drug-likeness (QED) is 0.810. The molecule has 0 aromatic heterocycles. The number of sulfonamides is 1. The van der Waals surface area contributed by atoms with Crippen LogP contribution in [-0.2, 0) is 14.9 Å². The van der Waals surface area contributed by atoms with Gasteiger partial charge in [0.15, 0.2) is 0 Å². The first-order chi connectivity index (χ1) is 6.47. The number of nitrogens with one attached hydrogen (secondary N) is 1. The first-order valence-electron chi connectivity index (χ1n) is 3.47. The molecule has 0 aliphatic heterocycles. The van der Waals surface area contributed by atoms with Gasteiger partial charge in [-0.25, -0.2) is 12.8 Å². The number of halogens is 2. The molecule has 0 heterocycles. The summed E-state index contributed by atoms with van der Waals surface area (Å²) < 4.78 is 35.6. The topological polar surface area (TPSA) is 55.4 Å². The highest BCUT2D eigenvalue weighted by atomic mass is 35.5. The van der Waals surface area contributed by atoms with Crippen molar-refractivity contribution in [3.63, 3.8) is 0 Å². The van der Waals surface area contributed by atoms with Crippen LogP contribution in [0.3, 0.4) is 0 Å². The van der Waals surface area contributed by atoms with E-state index in [-0.39, 0.29) is 5.02 Å². The van der Waals surface area contributed by atoms with E-state index < -0.39 is 20.7 Å². The Morgan fingerprint density at radius 1 is 1.50 bits per heavy atom. The van der Waals surface area contributed by atoms with Crippen LogP contribution < -0.4 is 4.89 Å². The van der Waals surface area contributed by atoms with Crippen LogP contribution in [0.1, 0.15) is 0 Å². The lowest BCUT2D eigenvalue weighted by Gasteiger charge is -2.04. The molecule has 1 aromatic rings. The Hall–Kier alpha value is -0.690. The van der Waals surface area contributed by atoms with Gasteiger partial charge in [0.2, 0.25) is 0 Å². The van der Waals surface area contributed by atoms with Crippen molar-refractivity contribution < 1.29 is 17.6 Å². The molecule has 4 nitrogen and oxygen atoms in total. The molecule has 7 heteroatoms. The SMILES string of the molecule is CONS(=O)(=O)c1ccc(Cl)cc1F. The van der Waals surface area contributed by atoms with Gasteiger partial charge >= 0.3 is 0 Å². The maximum Gasteiger partial charge on any atom is 0.265 e. The van der Waals surface area contributed by atoms with Crippen LogP contribution in [0.25, 0.3) is 0 Å². The normalized spacial score (nSPS) is 11.6. The lowest BCUT2D eigenvalue weighted by molar-refractivity contribution is 0.153. The van der Waals surface area contributed by atoms with Crippen molar-refractivity contribution in [1.82, 2.24) is 4.89 Å². The molecule has 1 rings (SSSR count). The van der Waals surface area contributed by atoms with Crippen LogP contribution in [0.2, 0.25) is 5.02 Å². The molecule has 0 radical (unpaired) electrons. The number of benzene rings is 1. The van der Waals surface area contributed by atoms with Crippen molar-refractivity contribution in [2.75, 3.05) is 7.11 Å². The Kier molecular flexibility index (Phi) is 3.43. The van der Waals surface area contributed by atoms with E-state index in [2.05, 4.69) is 4.84 Å². The standard InChI is InChI=1S/C7H7ClFNO3S/c1-13-10-14(11,12)7-3-2-5(8)4-6(7)9/h2-4,10H,1H3. The highest BCUT2D eigenvalue weighted by molar-refractivity contribution is 7.89. The highest BCUT2D eigenvalue weighted by Crippen LogP contribution is 2.18. The van der Waals surface area contributed by atoms with E-state index in [1.54, 1.807) is 4.89 Å². The van der Waals surface area contributed by atoms with E-state index in [1.165, 1.54) is 6.07 Å². The van der Waals surface area contributed by atoms with Gasteiger partial charge in [0.1, 0.15) is 10.7 Å². The van der Waals surface area contributed by atoms with Crippen LogP contribution in [0.5, 0.6) is 0 Å². The Morgan fingerprint density at radius 3 is 2.64 bits per heavy atom. The summed E-state index contributed by atoms with van der Waals surface area (Å²) in [5.74, 6) is -0.929. The van der Waals surface area contributed by atoms with Crippen molar-refractivity contribution in [1.29, 1.82) is 0 Å². The second-order valence-electron chi connectivity index (χ2n) is 2.37. The van der Waals surface area contributed by atoms with Crippen molar-refractivity contribution in [2.24, 2.45) is 0 Å². The van der Waals surface area contributed by atoms with Gasteiger partial charge in [-0.15, -0.1) is 0 Å². The average Bonchev–Trinajstić information content (AvgIpc) is 2.02. The number of hydrogen-bond acceptors (Lipinski definition) is 3. The smallest absolute Gasteiger partial charge is 0.265 e. The Labute approximate surface area is 85.6 Å². The molecule has 14 heavy (non-hydrogen) atoms. The van der Waals surface area contributed by atoms with E-state index in [0.717, 1.165) is 19.2 Å². The van der Waals surface area contributed by atoms with Crippen LogP contribution >= 0.6 is 11.6 Å². The minimum Gasteiger partial charge on any atom is -0.290 e. The summed E-state index contributed by atoms with van der Waals surface area (Å²) in [5.41, 5.74) is 0. The minimum absolute atomic E-state index is 0.124. The number of rotatable bonds is 3. The largest absolute Gasteiger partial charge is 0.290 e. The molecule has 0 atom stereocenters. The molecule has 78 valence electrons. The molecule has 0 saturated carbocycles. The Balaban J connectivity index is 3.20. The zero-order chi connectivity index (χ0) is 10.8. The van der Waals surface area contributed by atoms with Gasteiger partial charge in [0.25, 0.3) is 10.0 Å². The third-order valence-corrected chi connectivity index (χ3v) is 2.91. The summed E-state index contributed by atoms with van der Waals surface area (Å²) in [5, 5.41) is 0.124. The molecular weight excluding hydrogens is 233 g/mol. The second-order valence-corrected chi connectivity index (χ2v) is 4.42. The molecule has 0 saturated heterocycles. The van der Waals surface area contributed by atoms with E-state index in [9.17, 15) is 12.8 Å². The lowest BCUT2D eigenvalue weighted by Crippen LogP contribution is -2.23. The third-order valence-electron chi connectivity index (χ3n) is 1.38. The van der Waals surface area contributed by atoms with Gasteiger partial charge in [-0.3, -0.25) is 4.84 Å². The maximum atomic E-state index is 13.1. The van der Waals surface area contributed by atoms with Gasteiger partial charge in [-0.05, 0) is 18.2 Å². The second kappa shape index (κ2) is 4.22. The fourth-order valence-corrected chi connectivity index (χ4v) is 1.88. The van der Waals surface area contributed by atoms with Crippen molar-refractivity contribution in [3.8, 4) is 0 Å². The molecule has 1 aromatic carbocycles. The summed E-state index contributed by atoms with van der Waals surface area (Å²) in [6.07, 6.45) is 0. The molecule has 0 aliphatic rings. The first kappa shape index (κ1) is 11.4. The van der Waals surface area contributed by atoms with Gasteiger partial charge in [-0.2, -0.15) is 0 Å². The van der Waals surface area contributed by atoms with Crippen molar-refractivity contribution in [2.45, 2.75) is 4.90 Å². The molecule has 0 bridgehead atoms. The molecule has 0 spiro atoms. The molecule has 1 N–H and O–H groups in total. The summed E-state index contributed by atoms with van der Waals surface area (Å²) >= 11 is 5.46. The molecule has 0 fully saturated rings. The summed E-state index contributed by atoms with van der Waals surface area (Å²) in [6.45, 7) is 0. The van der Waals surface area contributed by atoms with Gasteiger partial charge in [0, 0.05) is 5.02 Å². The van der Waals surface area contributed by atoms with Gasteiger partial charge in [0.05, 0.1) is 7.11 Å². The zero-order valence-corrected chi connectivity index (χ0v) is 8.69. The van der Waals surface area contributed by atoms with Gasteiger partial charge in [-0.1, -0.05) is 16.5 Å². The molecule has 0 aliphatic carbocycles. The summed E-state index contributed by atoms with van der Waals surface area (Å²) in [6, 6.07) is 3.24. The summed E-state index contributed by atoms with van der Waals surface area (Å²) in [4.78, 5) is 5.39. The molecule has 0 amide bonds. The van der Waals surface area contributed by atoms with Crippen LogP contribution in [0, 0.1) is 5.82 Å². The first-order valence-corrected chi connectivity index (χ1v) is 5.33. The predicted molar refractivity (Wildman–Crippen MR) is 48.7 cm³/mol. The van der Waals surface area contributed by atoms with Crippen LogP contribution in [-0.4, -0.2) is 15.5 Å². The number of hydrogen-bond donors (Lipinski definition) is 1. The van der Waals surface area contributed by atoms with Crippen molar-refractivity contribution in [3.05, 3.63) is 29.0 Å². The summed E-state index contributed by atoms with van der Waals surface area (Å²) in [7, 11) is -2.85.